The summed E-state index contributed by atoms with van der Waals surface area (Å²) in [5.41, 5.74) is 5.59. The van der Waals surface area contributed by atoms with Crippen LogP contribution in [0.25, 0.3) is 22.3 Å². The maximum absolute atomic E-state index is 9.93. The Morgan fingerprint density at radius 1 is 0.636 bits per heavy atom. The summed E-state index contributed by atoms with van der Waals surface area (Å²) in [4.78, 5) is 0. The molecule has 0 aliphatic carbocycles. The van der Waals surface area contributed by atoms with Gasteiger partial charge in [0.15, 0.2) is 0 Å². The van der Waals surface area contributed by atoms with Crippen LogP contribution in [0.5, 0.6) is 5.75 Å². The summed E-state index contributed by atoms with van der Waals surface area (Å²) >= 11 is 0. The zero-order valence-corrected chi connectivity index (χ0v) is 19.7. The molecule has 0 atom stereocenters. The Kier molecular flexibility index (Phi) is 9.10. The molecule has 0 N–H and O–H groups in total. The van der Waals surface area contributed by atoms with Crippen molar-refractivity contribution in [1.29, 1.82) is 10.5 Å². The summed E-state index contributed by atoms with van der Waals surface area (Å²) in [5.74, 6) is 0.817. The zero-order valence-electron chi connectivity index (χ0n) is 19.7. The van der Waals surface area contributed by atoms with Crippen LogP contribution in [0.2, 0.25) is 0 Å². The van der Waals surface area contributed by atoms with Crippen LogP contribution < -0.4 is 4.74 Å². The fraction of sp³-hybridized carbons (Fsp3) is 0.333. The summed E-state index contributed by atoms with van der Waals surface area (Å²) in [6.07, 6.45) is 8.17. The van der Waals surface area contributed by atoms with Crippen LogP contribution in [0.3, 0.4) is 0 Å². The molecule has 0 fully saturated rings. The Hall–Kier alpha value is -3.56. The molecule has 0 unspecified atom stereocenters. The van der Waals surface area contributed by atoms with Gasteiger partial charge in [0.25, 0.3) is 0 Å². The highest BCUT2D eigenvalue weighted by atomic mass is 16.5. The SMILES string of the molecule is CCCCCCc1ccc(-c2ccc(-c3ccc(OCCCC)cc3)c(C#N)c2C#N)cc1. The minimum absolute atomic E-state index is 0.415. The lowest BCUT2D eigenvalue weighted by Crippen LogP contribution is -1.97. The maximum Gasteiger partial charge on any atom is 0.119 e. The van der Waals surface area contributed by atoms with Crippen LogP contribution in [-0.2, 0) is 6.42 Å². The van der Waals surface area contributed by atoms with Gasteiger partial charge in [0, 0.05) is 11.1 Å². The van der Waals surface area contributed by atoms with E-state index < -0.39 is 0 Å². The number of unbranched alkanes of at least 4 members (excludes halogenated alkanes) is 4. The number of rotatable bonds is 11. The van der Waals surface area contributed by atoms with Gasteiger partial charge in [0.1, 0.15) is 17.9 Å². The first-order valence-electron chi connectivity index (χ1n) is 12.0. The highest BCUT2D eigenvalue weighted by Crippen LogP contribution is 2.34. The van der Waals surface area contributed by atoms with Gasteiger partial charge in [-0.1, -0.05) is 88.1 Å². The van der Waals surface area contributed by atoms with Gasteiger partial charge in [0.05, 0.1) is 17.7 Å². The number of nitrogens with zero attached hydrogens (tertiary/aromatic N) is 2. The number of benzene rings is 3. The molecule has 33 heavy (non-hydrogen) atoms. The van der Waals surface area contributed by atoms with Crippen molar-refractivity contribution in [1.82, 2.24) is 0 Å². The first kappa shape index (κ1) is 24.1. The molecule has 0 saturated carbocycles. The molecule has 168 valence electrons. The van der Waals surface area contributed by atoms with E-state index in [1.807, 2.05) is 36.4 Å². The lowest BCUT2D eigenvalue weighted by molar-refractivity contribution is 0.309. The first-order chi connectivity index (χ1) is 16.2. The summed E-state index contributed by atoms with van der Waals surface area (Å²) < 4.78 is 5.74. The molecule has 3 aromatic rings. The van der Waals surface area contributed by atoms with Gasteiger partial charge in [-0.05, 0) is 48.1 Å². The van der Waals surface area contributed by atoms with E-state index in [1.165, 1.54) is 31.2 Å². The van der Waals surface area contributed by atoms with E-state index in [0.717, 1.165) is 47.3 Å². The molecular weight excluding hydrogens is 404 g/mol. The van der Waals surface area contributed by atoms with E-state index in [4.69, 9.17) is 4.74 Å². The molecule has 0 aliphatic heterocycles. The number of ether oxygens (including phenoxy) is 1. The second-order valence-corrected chi connectivity index (χ2v) is 8.37. The highest BCUT2D eigenvalue weighted by molar-refractivity contribution is 5.82. The third-order valence-electron chi connectivity index (χ3n) is 5.94. The Morgan fingerprint density at radius 3 is 1.70 bits per heavy atom. The van der Waals surface area contributed by atoms with Crippen molar-refractivity contribution < 1.29 is 4.74 Å². The molecule has 3 aromatic carbocycles. The van der Waals surface area contributed by atoms with E-state index in [1.54, 1.807) is 0 Å². The fourth-order valence-corrected chi connectivity index (χ4v) is 3.99. The third kappa shape index (κ3) is 6.24. The average molecular weight is 437 g/mol. The molecule has 0 radical (unpaired) electrons. The minimum Gasteiger partial charge on any atom is -0.494 e. The first-order valence-corrected chi connectivity index (χ1v) is 12.0. The molecular formula is C30H32N2O. The Bertz CT molecular complexity index is 1120. The quantitative estimate of drug-likeness (QED) is 0.286. The van der Waals surface area contributed by atoms with Crippen molar-refractivity contribution in [3.63, 3.8) is 0 Å². The molecule has 0 spiro atoms. The predicted molar refractivity (Wildman–Crippen MR) is 135 cm³/mol. The van der Waals surface area contributed by atoms with E-state index in [0.29, 0.717) is 17.7 Å². The number of aryl methyl sites for hydroxylation is 1. The molecule has 3 heteroatoms. The molecule has 0 aromatic heterocycles. The maximum atomic E-state index is 9.93. The number of nitriles is 2. The van der Waals surface area contributed by atoms with E-state index in [9.17, 15) is 10.5 Å². The largest absolute Gasteiger partial charge is 0.494 e. The van der Waals surface area contributed by atoms with Crippen molar-refractivity contribution >= 4 is 0 Å². The molecule has 3 rings (SSSR count). The summed E-state index contributed by atoms with van der Waals surface area (Å²) in [6.45, 7) is 5.06. The second-order valence-electron chi connectivity index (χ2n) is 8.37. The number of hydrogen-bond acceptors (Lipinski definition) is 3. The standard InChI is InChI=1S/C30H32N2O/c1-3-5-7-8-9-23-10-12-24(13-11-23)27-18-19-28(30(22-32)29(27)21-31)25-14-16-26(17-15-25)33-20-6-4-2/h10-19H,3-9,20H2,1-2H3. The lowest BCUT2D eigenvalue weighted by Gasteiger charge is -2.12. The van der Waals surface area contributed by atoms with Crippen molar-refractivity contribution in [2.45, 2.75) is 58.8 Å². The van der Waals surface area contributed by atoms with Crippen molar-refractivity contribution in [3.05, 3.63) is 77.4 Å². The predicted octanol–water partition coefficient (Wildman–Crippen LogP) is 8.07. The van der Waals surface area contributed by atoms with E-state index >= 15 is 0 Å². The summed E-state index contributed by atoms with van der Waals surface area (Å²) in [7, 11) is 0. The Labute approximate surface area is 198 Å². The zero-order chi connectivity index (χ0) is 23.5. The van der Waals surface area contributed by atoms with Crippen molar-refractivity contribution in [3.8, 4) is 40.1 Å². The highest BCUT2D eigenvalue weighted by Gasteiger charge is 2.16. The third-order valence-corrected chi connectivity index (χ3v) is 5.94. The van der Waals surface area contributed by atoms with Crippen LogP contribution in [-0.4, -0.2) is 6.61 Å². The van der Waals surface area contributed by atoms with Crippen molar-refractivity contribution in [2.24, 2.45) is 0 Å². The van der Waals surface area contributed by atoms with Crippen LogP contribution in [0.15, 0.2) is 60.7 Å². The summed E-state index contributed by atoms with van der Waals surface area (Å²) in [5, 5.41) is 19.8. The fourth-order valence-electron chi connectivity index (χ4n) is 3.99. The van der Waals surface area contributed by atoms with E-state index in [2.05, 4.69) is 50.3 Å². The van der Waals surface area contributed by atoms with Gasteiger partial charge in [-0.3, -0.25) is 0 Å². The molecule has 0 saturated heterocycles. The molecule has 0 heterocycles. The Balaban J connectivity index is 1.85. The Morgan fingerprint density at radius 2 is 1.18 bits per heavy atom. The average Bonchev–Trinajstić information content (AvgIpc) is 2.86. The van der Waals surface area contributed by atoms with E-state index in [-0.39, 0.29) is 0 Å². The second kappa shape index (κ2) is 12.5. The topological polar surface area (TPSA) is 56.8 Å². The smallest absolute Gasteiger partial charge is 0.119 e. The van der Waals surface area contributed by atoms with Gasteiger partial charge >= 0.3 is 0 Å². The van der Waals surface area contributed by atoms with Crippen LogP contribution in [0, 0.1) is 22.7 Å². The monoisotopic (exact) mass is 436 g/mol. The van der Waals surface area contributed by atoms with Crippen LogP contribution in [0.4, 0.5) is 0 Å². The van der Waals surface area contributed by atoms with Crippen LogP contribution in [0.1, 0.15) is 69.1 Å². The van der Waals surface area contributed by atoms with Gasteiger partial charge in [-0.2, -0.15) is 10.5 Å². The molecule has 3 nitrogen and oxygen atoms in total. The van der Waals surface area contributed by atoms with Gasteiger partial charge in [-0.15, -0.1) is 0 Å². The summed E-state index contributed by atoms with van der Waals surface area (Å²) in [6, 6.07) is 24.6. The normalized spacial score (nSPS) is 10.4. The number of hydrogen-bond donors (Lipinski definition) is 0. The molecule has 0 amide bonds. The van der Waals surface area contributed by atoms with Crippen molar-refractivity contribution in [2.75, 3.05) is 6.61 Å². The molecule has 0 aliphatic rings. The minimum atomic E-state index is 0.415. The van der Waals surface area contributed by atoms with Gasteiger partial charge in [0.2, 0.25) is 0 Å². The molecule has 0 bridgehead atoms. The van der Waals surface area contributed by atoms with Gasteiger partial charge < -0.3 is 4.74 Å². The van der Waals surface area contributed by atoms with Crippen LogP contribution >= 0.6 is 0 Å². The lowest BCUT2D eigenvalue weighted by atomic mass is 9.90. The van der Waals surface area contributed by atoms with Gasteiger partial charge in [-0.25, -0.2) is 0 Å².